The molecule has 3 aromatic rings. The molecular formula is C26H27F6N5O2. The van der Waals surface area contributed by atoms with E-state index in [9.17, 15) is 31.1 Å². The molecule has 2 N–H and O–H groups in total. The van der Waals surface area contributed by atoms with Crippen molar-refractivity contribution in [3.05, 3.63) is 59.8 Å². The molecule has 2 aromatic carbocycles. The van der Waals surface area contributed by atoms with Crippen molar-refractivity contribution in [1.82, 2.24) is 14.7 Å². The average molecular weight is 556 g/mol. The molecule has 13 heteroatoms. The first-order valence-electron chi connectivity index (χ1n) is 12.3. The number of halogens is 6. The number of anilines is 2. The number of carbonyl (C=O) groups excluding carboxylic acids is 1. The maximum absolute atomic E-state index is 13.1. The van der Waals surface area contributed by atoms with Crippen molar-refractivity contribution >= 4 is 17.4 Å². The maximum atomic E-state index is 13.1. The predicted molar refractivity (Wildman–Crippen MR) is 134 cm³/mol. The summed E-state index contributed by atoms with van der Waals surface area (Å²) in [6.45, 7) is 3.23. The first-order valence-corrected chi connectivity index (χ1v) is 12.3. The number of carbonyl (C=O) groups is 1. The van der Waals surface area contributed by atoms with Gasteiger partial charge in [-0.25, -0.2) is 4.79 Å². The van der Waals surface area contributed by atoms with Crippen molar-refractivity contribution in [2.75, 3.05) is 36.9 Å². The molecule has 1 aliphatic heterocycles. The number of hydrogen-bond acceptors (Lipinski definition) is 4. The molecule has 0 bridgehead atoms. The number of aromatic nitrogens is 2. The highest BCUT2D eigenvalue weighted by molar-refractivity contribution is 6.00. The van der Waals surface area contributed by atoms with Crippen LogP contribution in [0.15, 0.2) is 48.7 Å². The quantitative estimate of drug-likeness (QED) is 0.321. The Morgan fingerprint density at radius 2 is 1.54 bits per heavy atom. The predicted octanol–water partition coefficient (Wildman–Crippen LogP) is 6.63. The second kappa shape index (κ2) is 11.6. The largest absolute Gasteiger partial charge is 0.492 e. The maximum Gasteiger partial charge on any atom is 0.416 e. The van der Waals surface area contributed by atoms with Crippen molar-refractivity contribution < 1.29 is 35.9 Å². The van der Waals surface area contributed by atoms with E-state index >= 15 is 0 Å². The summed E-state index contributed by atoms with van der Waals surface area (Å²) in [6, 6.07) is 6.37. The second-order valence-electron chi connectivity index (χ2n) is 9.18. The smallest absolute Gasteiger partial charge is 0.416 e. The molecule has 0 aliphatic carbocycles. The molecular weight excluding hydrogens is 528 g/mol. The minimum absolute atomic E-state index is 0.00668. The van der Waals surface area contributed by atoms with Crippen LogP contribution < -0.4 is 15.4 Å². The summed E-state index contributed by atoms with van der Waals surface area (Å²) in [4.78, 5) is 14.9. The fourth-order valence-electron chi connectivity index (χ4n) is 4.36. The average Bonchev–Trinajstić information content (AvgIpc) is 3.29. The van der Waals surface area contributed by atoms with Gasteiger partial charge in [0, 0.05) is 36.7 Å². The molecule has 1 aromatic heterocycles. The van der Waals surface area contributed by atoms with Crippen LogP contribution in [0.3, 0.4) is 0 Å². The zero-order valence-corrected chi connectivity index (χ0v) is 21.0. The van der Waals surface area contributed by atoms with Gasteiger partial charge in [-0.05, 0) is 68.4 Å². The number of hydrogen-bond donors (Lipinski definition) is 2. The first-order chi connectivity index (χ1) is 18.4. The van der Waals surface area contributed by atoms with Crippen LogP contribution in [-0.4, -0.2) is 47.0 Å². The van der Waals surface area contributed by atoms with Gasteiger partial charge in [-0.2, -0.15) is 31.4 Å². The highest BCUT2D eigenvalue weighted by atomic mass is 19.4. The number of alkyl halides is 6. The van der Waals surface area contributed by atoms with Crippen LogP contribution in [0.1, 0.15) is 30.4 Å². The van der Waals surface area contributed by atoms with Crippen LogP contribution in [0, 0.1) is 0 Å². The fraction of sp³-hybridized carbons (Fsp3) is 0.385. The number of amides is 2. The molecule has 2 heterocycles. The Bertz CT molecular complexity index is 1270. The Morgan fingerprint density at radius 3 is 2.13 bits per heavy atom. The van der Waals surface area contributed by atoms with Crippen LogP contribution in [0.4, 0.5) is 42.5 Å². The number of rotatable bonds is 7. The lowest BCUT2D eigenvalue weighted by Gasteiger charge is -2.26. The van der Waals surface area contributed by atoms with Crippen molar-refractivity contribution in [3.8, 4) is 17.0 Å². The van der Waals surface area contributed by atoms with Gasteiger partial charge in [0.15, 0.2) is 0 Å². The van der Waals surface area contributed by atoms with E-state index in [-0.39, 0.29) is 11.8 Å². The molecule has 4 rings (SSSR count). The summed E-state index contributed by atoms with van der Waals surface area (Å²) in [6.07, 6.45) is -4.94. The first kappa shape index (κ1) is 28.3. The molecule has 210 valence electrons. The molecule has 39 heavy (non-hydrogen) atoms. The topological polar surface area (TPSA) is 71.4 Å². The summed E-state index contributed by atoms with van der Waals surface area (Å²) in [5.41, 5.74) is -2.19. The molecule has 7 nitrogen and oxygen atoms in total. The molecule has 1 saturated heterocycles. The van der Waals surface area contributed by atoms with E-state index < -0.39 is 35.2 Å². The monoisotopic (exact) mass is 555 g/mol. The van der Waals surface area contributed by atoms with E-state index in [0.717, 1.165) is 32.5 Å². The number of piperidine rings is 1. The van der Waals surface area contributed by atoms with E-state index in [1.165, 1.54) is 12.5 Å². The molecule has 0 radical (unpaired) electrons. The number of likely N-dealkylation sites (tertiary alicyclic amines) is 1. The Morgan fingerprint density at radius 1 is 0.897 bits per heavy atom. The van der Waals surface area contributed by atoms with Crippen molar-refractivity contribution in [2.24, 2.45) is 7.05 Å². The van der Waals surface area contributed by atoms with E-state index in [1.807, 2.05) is 0 Å². The highest BCUT2D eigenvalue weighted by Gasteiger charge is 2.37. The third kappa shape index (κ3) is 7.43. The van der Waals surface area contributed by atoms with Crippen LogP contribution in [0.2, 0.25) is 0 Å². The minimum atomic E-state index is -5.03. The summed E-state index contributed by atoms with van der Waals surface area (Å²) < 4.78 is 86.5. The Labute approximate surface area is 220 Å². The van der Waals surface area contributed by atoms with Crippen LogP contribution in [-0.2, 0) is 19.4 Å². The molecule has 0 atom stereocenters. The zero-order chi connectivity index (χ0) is 28.2. The minimum Gasteiger partial charge on any atom is -0.492 e. The van der Waals surface area contributed by atoms with Crippen molar-refractivity contribution in [1.29, 1.82) is 0 Å². The van der Waals surface area contributed by atoms with Gasteiger partial charge in [0.2, 0.25) is 0 Å². The second-order valence-corrected chi connectivity index (χ2v) is 9.18. The lowest BCUT2D eigenvalue weighted by molar-refractivity contribution is -0.143. The molecule has 0 unspecified atom stereocenters. The number of aryl methyl sites for hydroxylation is 1. The lowest BCUT2D eigenvalue weighted by atomic mass is 10.1. The van der Waals surface area contributed by atoms with Crippen molar-refractivity contribution in [2.45, 2.75) is 31.6 Å². The van der Waals surface area contributed by atoms with Gasteiger partial charge in [0.25, 0.3) is 0 Å². The third-order valence-electron chi connectivity index (χ3n) is 6.29. The Balaban J connectivity index is 1.51. The highest BCUT2D eigenvalue weighted by Crippen LogP contribution is 2.38. The van der Waals surface area contributed by atoms with Gasteiger partial charge >= 0.3 is 18.4 Å². The molecule has 0 spiro atoms. The zero-order valence-electron chi connectivity index (χ0n) is 21.0. The SMILES string of the molecule is Cn1nccc1-c1cc(NC(=O)Nc2cc(C(F)(F)F)cc(C(F)(F)F)c2)ccc1OCCN1CCCCC1. The molecule has 2 amide bonds. The van der Waals surface area contributed by atoms with Gasteiger partial charge in [-0.15, -0.1) is 0 Å². The molecule has 0 saturated carbocycles. The van der Waals surface area contributed by atoms with Crippen LogP contribution >= 0.6 is 0 Å². The standard InChI is InChI=1S/C26H27F6N5O2/c1-36-22(7-8-33-36)21-16-19(5-6-23(21)39-12-11-37-9-3-2-4-10-37)34-24(38)35-20-14-17(25(27,28)29)13-18(15-20)26(30,31)32/h5-8,13-16H,2-4,9-12H2,1H3,(H2,34,35,38). The van der Waals surface area contributed by atoms with Gasteiger partial charge in [0.05, 0.1) is 16.8 Å². The summed E-state index contributed by atoms with van der Waals surface area (Å²) in [5, 5.41) is 8.68. The van der Waals surface area contributed by atoms with E-state index in [0.29, 0.717) is 35.7 Å². The summed E-state index contributed by atoms with van der Waals surface area (Å²) in [5.74, 6) is 0.536. The third-order valence-corrected chi connectivity index (χ3v) is 6.29. The number of ether oxygens (including phenoxy) is 1. The Kier molecular flexibility index (Phi) is 8.38. The number of nitrogens with one attached hydrogen (secondary N) is 2. The fourth-order valence-corrected chi connectivity index (χ4v) is 4.36. The molecule has 1 fully saturated rings. The number of benzene rings is 2. The van der Waals surface area contributed by atoms with E-state index in [4.69, 9.17) is 4.74 Å². The van der Waals surface area contributed by atoms with Gasteiger partial charge in [-0.3, -0.25) is 9.58 Å². The van der Waals surface area contributed by atoms with Crippen LogP contribution in [0.25, 0.3) is 11.3 Å². The van der Waals surface area contributed by atoms with Gasteiger partial charge < -0.3 is 15.4 Å². The van der Waals surface area contributed by atoms with E-state index in [2.05, 4.69) is 20.6 Å². The lowest BCUT2D eigenvalue weighted by Crippen LogP contribution is -2.33. The van der Waals surface area contributed by atoms with E-state index in [1.54, 1.807) is 36.1 Å². The summed E-state index contributed by atoms with van der Waals surface area (Å²) in [7, 11) is 1.73. The normalized spacial score (nSPS) is 14.7. The van der Waals surface area contributed by atoms with Gasteiger partial charge in [0.1, 0.15) is 12.4 Å². The Hall–Kier alpha value is -3.74. The van der Waals surface area contributed by atoms with Crippen molar-refractivity contribution in [3.63, 3.8) is 0 Å². The number of nitrogens with zero attached hydrogens (tertiary/aromatic N) is 3. The van der Waals surface area contributed by atoms with Crippen LogP contribution in [0.5, 0.6) is 5.75 Å². The van der Waals surface area contributed by atoms with Gasteiger partial charge in [-0.1, -0.05) is 6.42 Å². The summed E-state index contributed by atoms with van der Waals surface area (Å²) >= 11 is 0. The number of urea groups is 1. The molecule has 1 aliphatic rings.